The molecule has 2 heterocycles. The molecule has 0 aliphatic carbocycles. The number of ether oxygens (including phenoxy) is 2. The highest BCUT2D eigenvalue weighted by Gasteiger charge is 2.25. The third-order valence-electron chi connectivity index (χ3n) is 4.17. The summed E-state index contributed by atoms with van der Waals surface area (Å²) in [5, 5.41) is 2.95. The van der Waals surface area contributed by atoms with Crippen molar-refractivity contribution in [3.63, 3.8) is 0 Å². The van der Waals surface area contributed by atoms with Crippen LogP contribution in [-0.2, 0) is 14.3 Å². The Labute approximate surface area is 182 Å². The van der Waals surface area contributed by atoms with E-state index in [4.69, 9.17) is 15.2 Å². The van der Waals surface area contributed by atoms with Gasteiger partial charge in [-0.25, -0.2) is 19.6 Å². The summed E-state index contributed by atoms with van der Waals surface area (Å²) in [4.78, 5) is 45.4. The summed E-state index contributed by atoms with van der Waals surface area (Å²) in [6.07, 6.45) is 2.62. The monoisotopic (exact) mass is 440 g/mol. The van der Waals surface area contributed by atoms with Crippen molar-refractivity contribution in [3.8, 4) is 10.4 Å². The summed E-state index contributed by atoms with van der Waals surface area (Å²) in [7, 11) is 0. The number of nitrogens with two attached hydrogens (primary N) is 1. The Morgan fingerprint density at radius 1 is 1.06 bits per heavy atom. The normalized spacial score (nSPS) is 10.4. The van der Waals surface area contributed by atoms with Crippen LogP contribution in [0.5, 0.6) is 0 Å². The molecule has 0 fully saturated rings. The first-order valence-corrected chi connectivity index (χ1v) is 10.1. The maximum absolute atomic E-state index is 12.5. The smallest absolute Gasteiger partial charge is 0.361 e. The van der Waals surface area contributed by atoms with E-state index < -0.39 is 24.5 Å². The molecule has 0 radical (unpaired) electrons. The molecule has 0 atom stereocenters. The number of aromatic nitrogens is 2. The first kappa shape index (κ1) is 21.9. The molecule has 3 N–H and O–H groups in total. The van der Waals surface area contributed by atoms with Gasteiger partial charge in [0.2, 0.25) is 0 Å². The number of hydrogen-bond acceptors (Lipinski definition) is 9. The van der Waals surface area contributed by atoms with Crippen LogP contribution in [0.1, 0.15) is 33.3 Å². The Bertz CT molecular complexity index is 1110. The molecule has 160 valence electrons. The van der Waals surface area contributed by atoms with Crippen LogP contribution in [0, 0.1) is 6.92 Å². The summed E-state index contributed by atoms with van der Waals surface area (Å²) in [5.41, 5.74) is 7.26. The van der Waals surface area contributed by atoms with E-state index in [0.717, 1.165) is 10.4 Å². The molecule has 0 aliphatic rings. The number of amides is 1. The largest absolute Gasteiger partial charge is 0.462 e. The minimum Gasteiger partial charge on any atom is -0.462 e. The Morgan fingerprint density at radius 2 is 1.77 bits per heavy atom. The fourth-order valence-electron chi connectivity index (χ4n) is 2.78. The number of nitrogens with one attached hydrogen (secondary N) is 1. The number of anilines is 2. The quantitative estimate of drug-likeness (QED) is 0.536. The van der Waals surface area contributed by atoms with Crippen LogP contribution in [0.3, 0.4) is 0 Å². The van der Waals surface area contributed by atoms with Gasteiger partial charge >= 0.3 is 11.9 Å². The molecule has 3 rings (SSSR count). The van der Waals surface area contributed by atoms with E-state index in [9.17, 15) is 14.4 Å². The Morgan fingerprint density at radius 3 is 2.45 bits per heavy atom. The number of thiophene rings is 1. The molecule has 1 amide bonds. The predicted molar refractivity (Wildman–Crippen MR) is 116 cm³/mol. The fraction of sp³-hybridized carbons (Fsp3) is 0.190. The second-order valence-corrected chi connectivity index (χ2v) is 7.28. The van der Waals surface area contributed by atoms with Crippen LogP contribution in [0.25, 0.3) is 10.4 Å². The summed E-state index contributed by atoms with van der Waals surface area (Å²) in [5.74, 6) is -2.14. The highest BCUT2D eigenvalue weighted by Crippen LogP contribution is 2.40. The molecular weight excluding hydrogens is 420 g/mol. The van der Waals surface area contributed by atoms with Crippen molar-refractivity contribution in [1.29, 1.82) is 0 Å². The predicted octanol–water partition coefficient (Wildman–Crippen LogP) is 3.07. The minimum atomic E-state index is -0.876. The van der Waals surface area contributed by atoms with E-state index in [0.29, 0.717) is 10.6 Å². The maximum atomic E-state index is 12.5. The van der Waals surface area contributed by atoms with Crippen molar-refractivity contribution in [3.05, 3.63) is 59.5 Å². The van der Waals surface area contributed by atoms with Crippen LogP contribution >= 0.6 is 11.3 Å². The third-order valence-corrected chi connectivity index (χ3v) is 5.43. The first-order chi connectivity index (χ1) is 14.9. The van der Waals surface area contributed by atoms with Gasteiger partial charge in [0.15, 0.2) is 18.1 Å². The molecule has 0 saturated carbocycles. The van der Waals surface area contributed by atoms with E-state index in [1.54, 1.807) is 13.8 Å². The number of nitrogen functional groups attached to an aromatic ring is 1. The lowest BCUT2D eigenvalue weighted by Gasteiger charge is -2.08. The van der Waals surface area contributed by atoms with Crippen molar-refractivity contribution in [2.24, 2.45) is 0 Å². The van der Waals surface area contributed by atoms with E-state index >= 15 is 0 Å². The third kappa shape index (κ3) is 5.04. The van der Waals surface area contributed by atoms with Gasteiger partial charge in [-0.3, -0.25) is 4.79 Å². The van der Waals surface area contributed by atoms with Gasteiger partial charge in [0.05, 0.1) is 12.2 Å². The lowest BCUT2D eigenvalue weighted by atomic mass is 10.1. The van der Waals surface area contributed by atoms with Crippen LogP contribution in [-0.4, -0.2) is 41.0 Å². The number of nitrogens with zero attached hydrogens (tertiary/aromatic N) is 2. The molecule has 0 unspecified atom stereocenters. The molecule has 3 aromatic rings. The SMILES string of the molecule is CCOC(=O)c1c(NC(=O)COC(=O)c2nccnc2N)sc(-c2ccccc2)c1C. The second kappa shape index (κ2) is 9.81. The van der Waals surface area contributed by atoms with Crippen LogP contribution in [0.4, 0.5) is 10.8 Å². The lowest BCUT2D eigenvalue weighted by molar-refractivity contribution is -0.119. The molecule has 0 bridgehead atoms. The number of benzene rings is 1. The molecule has 0 spiro atoms. The summed E-state index contributed by atoms with van der Waals surface area (Å²) in [6, 6.07) is 9.47. The summed E-state index contributed by atoms with van der Waals surface area (Å²) < 4.78 is 10.1. The topological polar surface area (TPSA) is 134 Å². The fourth-order valence-corrected chi connectivity index (χ4v) is 4.00. The van der Waals surface area contributed by atoms with Gasteiger partial charge in [0, 0.05) is 17.3 Å². The van der Waals surface area contributed by atoms with E-state index in [2.05, 4.69) is 15.3 Å². The van der Waals surface area contributed by atoms with Crippen molar-refractivity contribution in [2.45, 2.75) is 13.8 Å². The molecule has 0 aliphatic heterocycles. The standard InChI is InChI=1S/C21H20N4O5S/c1-3-29-20(27)15-12(2)17(13-7-5-4-6-8-13)31-19(15)25-14(26)11-30-21(28)16-18(22)24-10-9-23-16/h4-10H,3,11H2,1-2H3,(H2,22,24)(H,25,26). The summed E-state index contributed by atoms with van der Waals surface area (Å²) >= 11 is 1.24. The molecule has 9 nitrogen and oxygen atoms in total. The number of carbonyl (C=O) groups excluding carboxylic acids is 3. The van der Waals surface area contributed by atoms with Crippen LogP contribution < -0.4 is 11.1 Å². The molecule has 10 heteroatoms. The minimum absolute atomic E-state index is 0.0983. The number of carbonyl (C=O) groups is 3. The van der Waals surface area contributed by atoms with Gasteiger partial charge in [-0.15, -0.1) is 11.3 Å². The Hall–Kier alpha value is -3.79. The highest BCUT2D eigenvalue weighted by molar-refractivity contribution is 7.20. The van der Waals surface area contributed by atoms with Crippen LogP contribution in [0.15, 0.2) is 42.7 Å². The van der Waals surface area contributed by atoms with Crippen molar-refractivity contribution in [1.82, 2.24) is 9.97 Å². The average molecular weight is 440 g/mol. The molecule has 31 heavy (non-hydrogen) atoms. The van der Waals surface area contributed by atoms with Gasteiger partial charge in [0.1, 0.15) is 5.00 Å². The highest BCUT2D eigenvalue weighted by atomic mass is 32.1. The zero-order chi connectivity index (χ0) is 22.4. The van der Waals surface area contributed by atoms with Crippen molar-refractivity contribution in [2.75, 3.05) is 24.3 Å². The zero-order valence-electron chi connectivity index (χ0n) is 16.9. The van der Waals surface area contributed by atoms with Gasteiger partial charge < -0.3 is 20.5 Å². The van der Waals surface area contributed by atoms with Gasteiger partial charge in [-0.05, 0) is 25.0 Å². The van der Waals surface area contributed by atoms with E-state index in [1.807, 2.05) is 30.3 Å². The van der Waals surface area contributed by atoms with Gasteiger partial charge in [-0.2, -0.15) is 0 Å². The Balaban J connectivity index is 1.79. The Kier molecular flexibility index (Phi) is 6.93. The van der Waals surface area contributed by atoms with Gasteiger partial charge in [0.25, 0.3) is 5.91 Å². The average Bonchev–Trinajstić information content (AvgIpc) is 3.09. The molecule has 2 aromatic heterocycles. The number of rotatable bonds is 7. The number of esters is 2. The van der Waals surface area contributed by atoms with Crippen molar-refractivity contribution < 1.29 is 23.9 Å². The molecular formula is C21H20N4O5S. The summed E-state index contributed by atoms with van der Waals surface area (Å²) in [6.45, 7) is 3.10. The zero-order valence-corrected chi connectivity index (χ0v) is 17.7. The molecule has 1 aromatic carbocycles. The maximum Gasteiger partial charge on any atom is 0.361 e. The van der Waals surface area contributed by atoms with E-state index in [-0.39, 0.29) is 23.7 Å². The first-order valence-electron chi connectivity index (χ1n) is 9.31. The number of hydrogen-bond donors (Lipinski definition) is 2. The van der Waals surface area contributed by atoms with Gasteiger partial charge in [-0.1, -0.05) is 30.3 Å². The van der Waals surface area contributed by atoms with E-state index in [1.165, 1.54) is 23.7 Å². The van der Waals surface area contributed by atoms with Crippen molar-refractivity contribution >= 4 is 40.0 Å². The second-order valence-electron chi connectivity index (χ2n) is 6.26. The molecule has 0 saturated heterocycles. The van der Waals surface area contributed by atoms with Crippen LogP contribution in [0.2, 0.25) is 0 Å². The lowest BCUT2D eigenvalue weighted by Crippen LogP contribution is -2.22.